The van der Waals surface area contributed by atoms with Crippen LogP contribution in [0.15, 0.2) is 12.3 Å². The fraction of sp³-hybridized carbons (Fsp3) is 0.667. The SMILES string of the molecule is C=C(COC)OCCO. The lowest BCUT2D eigenvalue weighted by Gasteiger charge is -2.04. The lowest BCUT2D eigenvalue weighted by Crippen LogP contribution is -2.02. The van der Waals surface area contributed by atoms with E-state index in [0.717, 1.165) is 0 Å². The van der Waals surface area contributed by atoms with Crippen molar-refractivity contribution in [1.29, 1.82) is 0 Å². The van der Waals surface area contributed by atoms with Crippen LogP contribution in [0, 0.1) is 0 Å². The maximum absolute atomic E-state index is 8.28. The molecule has 0 heterocycles. The normalized spacial score (nSPS) is 9.11. The van der Waals surface area contributed by atoms with Crippen LogP contribution in [-0.2, 0) is 9.47 Å². The fourth-order valence-electron chi connectivity index (χ4n) is 0.393. The van der Waals surface area contributed by atoms with Crippen molar-refractivity contribution in [3.63, 3.8) is 0 Å². The van der Waals surface area contributed by atoms with E-state index in [0.29, 0.717) is 19.0 Å². The van der Waals surface area contributed by atoms with Gasteiger partial charge in [0.05, 0.1) is 6.61 Å². The lowest BCUT2D eigenvalue weighted by atomic mass is 10.6. The van der Waals surface area contributed by atoms with E-state index >= 15 is 0 Å². The predicted octanol–water partition coefficient (Wildman–Crippen LogP) is 0.155. The molecule has 0 aromatic heterocycles. The molecule has 9 heavy (non-hydrogen) atoms. The molecule has 3 nitrogen and oxygen atoms in total. The van der Waals surface area contributed by atoms with Gasteiger partial charge in [-0.1, -0.05) is 6.58 Å². The average Bonchev–Trinajstić information content (AvgIpc) is 1.85. The molecule has 0 radical (unpaired) electrons. The molecular weight excluding hydrogens is 120 g/mol. The van der Waals surface area contributed by atoms with Crippen LogP contribution in [0.1, 0.15) is 0 Å². The summed E-state index contributed by atoms with van der Waals surface area (Å²) in [6.07, 6.45) is 0. The standard InChI is InChI=1S/C6H12O3/c1-6(5-8-2)9-4-3-7/h7H,1,3-5H2,2H3. The van der Waals surface area contributed by atoms with Crippen LogP contribution in [0.5, 0.6) is 0 Å². The summed E-state index contributed by atoms with van der Waals surface area (Å²) in [5, 5.41) is 8.28. The number of hydrogen-bond acceptors (Lipinski definition) is 3. The zero-order valence-electron chi connectivity index (χ0n) is 5.59. The van der Waals surface area contributed by atoms with E-state index in [4.69, 9.17) is 14.6 Å². The Morgan fingerprint density at radius 3 is 2.78 bits per heavy atom. The first kappa shape index (κ1) is 8.46. The summed E-state index contributed by atoms with van der Waals surface area (Å²) in [5.74, 6) is 0.548. The van der Waals surface area contributed by atoms with Crippen molar-refractivity contribution in [2.24, 2.45) is 0 Å². The summed E-state index contributed by atoms with van der Waals surface area (Å²) in [6.45, 7) is 4.22. The van der Waals surface area contributed by atoms with Crippen LogP contribution in [0.4, 0.5) is 0 Å². The molecule has 0 unspecified atom stereocenters. The van der Waals surface area contributed by atoms with Gasteiger partial charge < -0.3 is 14.6 Å². The summed E-state index contributed by atoms with van der Waals surface area (Å²) in [4.78, 5) is 0. The summed E-state index contributed by atoms with van der Waals surface area (Å²) < 4.78 is 9.56. The first-order valence-electron chi connectivity index (χ1n) is 2.71. The number of methoxy groups -OCH3 is 1. The van der Waals surface area contributed by atoms with E-state index in [9.17, 15) is 0 Å². The van der Waals surface area contributed by atoms with Crippen LogP contribution in [0.3, 0.4) is 0 Å². The van der Waals surface area contributed by atoms with Crippen LogP contribution in [0.25, 0.3) is 0 Å². The Labute approximate surface area is 54.9 Å². The maximum atomic E-state index is 8.28. The fourth-order valence-corrected chi connectivity index (χ4v) is 0.393. The molecule has 1 N–H and O–H groups in total. The minimum absolute atomic E-state index is 0.0166. The average molecular weight is 132 g/mol. The molecule has 0 aromatic rings. The quantitative estimate of drug-likeness (QED) is 0.541. The summed E-state index contributed by atoms with van der Waals surface area (Å²) >= 11 is 0. The maximum Gasteiger partial charge on any atom is 0.115 e. The summed E-state index contributed by atoms with van der Waals surface area (Å²) in [5.41, 5.74) is 0. The number of aliphatic hydroxyl groups excluding tert-OH is 1. The Morgan fingerprint density at radius 1 is 1.67 bits per heavy atom. The molecule has 0 aliphatic rings. The van der Waals surface area contributed by atoms with Crippen LogP contribution >= 0.6 is 0 Å². The lowest BCUT2D eigenvalue weighted by molar-refractivity contribution is 0.104. The van der Waals surface area contributed by atoms with Crippen molar-refractivity contribution in [3.05, 3.63) is 12.3 Å². The van der Waals surface area contributed by atoms with Gasteiger partial charge in [-0.2, -0.15) is 0 Å². The van der Waals surface area contributed by atoms with Crippen LogP contribution < -0.4 is 0 Å². The topological polar surface area (TPSA) is 38.7 Å². The van der Waals surface area contributed by atoms with E-state index in [-0.39, 0.29) is 6.61 Å². The van der Waals surface area contributed by atoms with Crippen LogP contribution in [-0.4, -0.2) is 32.0 Å². The Balaban J connectivity index is 3.06. The molecule has 0 spiro atoms. The Morgan fingerprint density at radius 2 is 2.33 bits per heavy atom. The Bertz CT molecular complexity index is 80.4. The van der Waals surface area contributed by atoms with E-state index in [1.165, 1.54) is 0 Å². The van der Waals surface area contributed by atoms with Gasteiger partial charge in [0.2, 0.25) is 0 Å². The number of rotatable bonds is 5. The van der Waals surface area contributed by atoms with Gasteiger partial charge in [-0.25, -0.2) is 0 Å². The molecule has 0 saturated heterocycles. The van der Waals surface area contributed by atoms with E-state index in [2.05, 4.69) is 6.58 Å². The van der Waals surface area contributed by atoms with E-state index in [1.807, 2.05) is 0 Å². The highest BCUT2D eigenvalue weighted by Crippen LogP contribution is 1.91. The highest BCUT2D eigenvalue weighted by atomic mass is 16.5. The minimum Gasteiger partial charge on any atom is -0.494 e. The Kier molecular flexibility index (Phi) is 5.26. The molecule has 0 aliphatic heterocycles. The van der Waals surface area contributed by atoms with Gasteiger partial charge in [0.1, 0.15) is 19.0 Å². The molecule has 54 valence electrons. The Hall–Kier alpha value is -0.540. The van der Waals surface area contributed by atoms with Gasteiger partial charge in [0, 0.05) is 7.11 Å². The number of hydrogen-bond donors (Lipinski definition) is 1. The smallest absolute Gasteiger partial charge is 0.115 e. The molecular formula is C6H12O3. The number of ether oxygens (including phenoxy) is 2. The van der Waals surface area contributed by atoms with Gasteiger partial charge in [0.25, 0.3) is 0 Å². The zero-order chi connectivity index (χ0) is 7.11. The van der Waals surface area contributed by atoms with E-state index < -0.39 is 0 Å². The van der Waals surface area contributed by atoms with Crippen molar-refractivity contribution >= 4 is 0 Å². The highest BCUT2D eigenvalue weighted by Gasteiger charge is 1.90. The second kappa shape index (κ2) is 5.59. The second-order valence-electron chi connectivity index (χ2n) is 1.54. The molecule has 0 rings (SSSR count). The first-order chi connectivity index (χ1) is 4.31. The van der Waals surface area contributed by atoms with Gasteiger partial charge >= 0.3 is 0 Å². The summed E-state index contributed by atoms with van der Waals surface area (Å²) in [7, 11) is 1.56. The molecule has 0 aromatic carbocycles. The minimum atomic E-state index is 0.0166. The second-order valence-corrected chi connectivity index (χ2v) is 1.54. The molecule has 0 saturated carbocycles. The van der Waals surface area contributed by atoms with Gasteiger partial charge in [-0.15, -0.1) is 0 Å². The molecule has 0 aliphatic carbocycles. The molecule has 0 bridgehead atoms. The monoisotopic (exact) mass is 132 g/mol. The first-order valence-corrected chi connectivity index (χ1v) is 2.71. The van der Waals surface area contributed by atoms with Crippen molar-refractivity contribution in [2.75, 3.05) is 26.9 Å². The summed E-state index contributed by atoms with van der Waals surface area (Å²) in [6, 6.07) is 0. The molecule has 0 atom stereocenters. The molecule has 3 heteroatoms. The van der Waals surface area contributed by atoms with Crippen molar-refractivity contribution < 1.29 is 14.6 Å². The predicted molar refractivity (Wildman–Crippen MR) is 34.1 cm³/mol. The van der Waals surface area contributed by atoms with Gasteiger partial charge in [-0.3, -0.25) is 0 Å². The van der Waals surface area contributed by atoms with Crippen molar-refractivity contribution in [3.8, 4) is 0 Å². The van der Waals surface area contributed by atoms with E-state index in [1.54, 1.807) is 7.11 Å². The van der Waals surface area contributed by atoms with Crippen molar-refractivity contribution in [1.82, 2.24) is 0 Å². The third-order valence-corrected chi connectivity index (χ3v) is 0.703. The van der Waals surface area contributed by atoms with Gasteiger partial charge in [-0.05, 0) is 0 Å². The third-order valence-electron chi connectivity index (χ3n) is 0.703. The van der Waals surface area contributed by atoms with Crippen LogP contribution in [0.2, 0.25) is 0 Å². The zero-order valence-corrected chi connectivity index (χ0v) is 5.59. The molecule has 0 fully saturated rings. The van der Waals surface area contributed by atoms with Crippen molar-refractivity contribution in [2.45, 2.75) is 0 Å². The third kappa shape index (κ3) is 5.33. The van der Waals surface area contributed by atoms with Gasteiger partial charge in [0.15, 0.2) is 0 Å². The number of aliphatic hydroxyl groups is 1. The largest absolute Gasteiger partial charge is 0.494 e. The molecule has 0 amide bonds. The highest BCUT2D eigenvalue weighted by molar-refractivity contribution is 4.81.